The van der Waals surface area contributed by atoms with E-state index in [-0.39, 0.29) is 5.56 Å². The molecular weight excluding hydrogens is 376 g/mol. The summed E-state index contributed by atoms with van der Waals surface area (Å²) in [7, 11) is 1.68. The lowest BCUT2D eigenvalue weighted by molar-refractivity contribution is -0.123. The third-order valence-corrected chi connectivity index (χ3v) is 3.82. The number of carbonyl (C=O) groups excluding carboxylic acids is 3. The Morgan fingerprint density at radius 1 is 1.10 bits per heavy atom. The number of ether oxygens (including phenoxy) is 3. The number of carbonyl (C=O) groups is 3. The van der Waals surface area contributed by atoms with E-state index in [1.165, 1.54) is 12.1 Å². The van der Waals surface area contributed by atoms with Gasteiger partial charge in [0, 0.05) is 13.2 Å². The minimum absolute atomic E-state index is 0.215. The van der Waals surface area contributed by atoms with Crippen LogP contribution in [-0.4, -0.2) is 42.2 Å². The number of hydrogen-bond acceptors (Lipinski definition) is 6. The maximum Gasteiger partial charge on any atom is 0.338 e. The summed E-state index contributed by atoms with van der Waals surface area (Å²) in [6, 6.07) is 7.93. The number of aryl methyl sites for hydroxylation is 1. The van der Waals surface area contributed by atoms with Gasteiger partial charge in [-0.2, -0.15) is 0 Å². The Hall–Kier alpha value is -3.29. The van der Waals surface area contributed by atoms with Crippen LogP contribution in [0.15, 0.2) is 36.5 Å². The van der Waals surface area contributed by atoms with Gasteiger partial charge in [-0.15, -0.1) is 0 Å². The van der Waals surface area contributed by atoms with E-state index < -0.39 is 24.4 Å². The first-order valence-corrected chi connectivity index (χ1v) is 9.34. The van der Waals surface area contributed by atoms with Crippen LogP contribution in [0.5, 0.6) is 11.5 Å². The SMILES string of the molecule is CCOc1cc(C(=O)OCC(=O)NC(=O)c2cccn2C)ccc1OCC(C)C. The van der Waals surface area contributed by atoms with Crippen molar-refractivity contribution in [2.75, 3.05) is 19.8 Å². The molecule has 1 heterocycles. The Bertz CT molecular complexity index is 872. The minimum Gasteiger partial charge on any atom is -0.490 e. The molecule has 1 N–H and O–H groups in total. The molecule has 0 aliphatic rings. The molecule has 0 bridgehead atoms. The number of esters is 1. The number of nitrogens with zero attached hydrogens (tertiary/aromatic N) is 1. The van der Waals surface area contributed by atoms with Crippen LogP contribution in [0.3, 0.4) is 0 Å². The second-order valence-corrected chi connectivity index (χ2v) is 6.76. The molecule has 0 atom stereocenters. The van der Waals surface area contributed by atoms with Crippen LogP contribution in [0.2, 0.25) is 0 Å². The number of amides is 2. The van der Waals surface area contributed by atoms with Gasteiger partial charge >= 0.3 is 5.97 Å². The molecular formula is C21H26N2O6. The van der Waals surface area contributed by atoms with Gasteiger partial charge in [0.1, 0.15) is 5.69 Å². The van der Waals surface area contributed by atoms with E-state index in [2.05, 4.69) is 5.32 Å². The highest BCUT2D eigenvalue weighted by molar-refractivity contribution is 6.04. The van der Waals surface area contributed by atoms with E-state index in [0.717, 1.165) is 0 Å². The summed E-state index contributed by atoms with van der Waals surface area (Å²) in [4.78, 5) is 36.2. The Morgan fingerprint density at radius 3 is 2.48 bits per heavy atom. The molecule has 0 unspecified atom stereocenters. The molecule has 1 aromatic carbocycles. The number of aromatic nitrogens is 1. The zero-order valence-electron chi connectivity index (χ0n) is 17.1. The van der Waals surface area contributed by atoms with Crippen LogP contribution in [0.25, 0.3) is 0 Å². The Kier molecular flexibility index (Phi) is 7.82. The molecule has 0 saturated carbocycles. The van der Waals surface area contributed by atoms with Gasteiger partial charge in [-0.1, -0.05) is 13.8 Å². The number of nitrogens with one attached hydrogen (secondary N) is 1. The van der Waals surface area contributed by atoms with E-state index in [9.17, 15) is 14.4 Å². The van der Waals surface area contributed by atoms with Crippen molar-refractivity contribution >= 4 is 17.8 Å². The highest BCUT2D eigenvalue weighted by Crippen LogP contribution is 2.29. The molecule has 0 aliphatic carbocycles. The molecule has 1 aromatic heterocycles. The highest BCUT2D eigenvalue weighted by Gasteiger charge is 2.17. The smallest absolute Gasteiger partial charge is 0.338 e. The van der Waals surface area contributed by atoms with Gasteiger partial charge in [-0.25, -0.2) is 4.79 Å². The zero-order valence-corrected chi connectivity index (χ0v) is 17.1. The maximum atomic E-state index is 12.3. The molecule has 0 saturated heterocycles. The predicted octanol–water partition coefficient (Wildman–Crippen LogP) is 2.57. The second-order valence-electron chi connectivity index (χ2n) is 6.76. The molecule has 2 amide bonds. The number of benzene rings is 1. The normalized spacial score (nSPS) is 10.5. The van der Waals surface area contributed by atoms with E-state index in [1.807, 2.05) is 20.8 Å². The summed E-state index contributed by atoms with van der Waals surface area (Å²) in [5, 5.41) is 2.18. The van der Waals surface area contributed by atoms with Crippen LogP contribution in [0.4, 0.5) is 0 Å². The van der Waals surface area contributed by atoms with Crippen molar-refractivity contribution in [1.29, 1.82) is 0 Å². The topological polar surface area (TPSA) is 95.9 Å². The minimum atomic E-state index is -0.716. The maximum absolute atomic E-state index is 12.3. The van der Waals surface area contributed by atoms with Crippen molar-refractivity contribution < 1.29 is 28.6 Å². The molecule has 2 rings (SSSR count). The van der Waals surface area contributed by atoms with Crippen molar-refractivity contribution in [1.82, 2.24) is 9.88 Å². The lowest BCUT2D eigenvalue weighted by atomic mass is 10.2. The number of imide groups is 1. The van der Waals surface area contributed by atoms with Crippen LogP contribution >= 0.6 is 0 Å². The summed E-state index contributed by atoms with van der Waals surface area (Å²) in [5.74, 6) is -0.696. The largest absolute Gasteiger partial charge is 0.490 e. The summed E-state index contributed by atoms with van der Waals surface area (Å²) in [6.07, 6.45) is 1.68. The van der Waals surface area contributed by atoms with E-state index in [0.29, 0.717) is 36.3 Å². The third kappa shape index (κ3) is 6.38. The van der Waals surface area contributed by atoms with E-state index >= 15 is 0 Å². The van der Waals surface area contributed by atoms with Gasteiger partial charge in [0.25, 0.3) is 11.8 Å². The standard InChI is InChI=1S/C21H26N2O6/c1-5-27-18-11-15(8-9-17(18)28-12-14(2)3)21(26)29-13-19(24)22-20(25)16-7-6-10-23(16)4/h6-11,14H,5,12-13H2,1-4H3,(H,22,24,25). The molecule has 0 aliphatic heterocycles. The lowest BCUT2D eigenvalue weighted by Gasteiger charge is -2.14. The van der Waals surface area contributed by atoms with Crippen LogP contribution in [0.1, 0.15) is 41.6 Å². The molecule has 29 heavy (non-hydrogen) atoms. The van der Waals surface area contributed by atoms with E-state index in [4.69, 9.17) is 14.2 Å². The van der Waals surface area contributed by atoms with Crippen molar-refractivity contribution in [3.8, 4) is 11.5 Å². The molecule has 2 aromatic rings. The van der Waals surface area contributed by atoms with Crippen LogP contribution in [-0.2, 0) is 16.6 Å². The first-order chi connectivity index (χ1) is 13.8. The van der Waals surface area contributed by atoms with E-state index in [1.54, 1.807) is 36.0 Å². The average molecular weight is 402 g/mol. The molecule has 156 valence electrons. The monoisotopic (exact) mass is 402 g/mol. The zero-order chi connectivity index (χ0) is 21.4. The Morgan fingerprint density at radius 2 is 1.86 bits per heavy atom. The number of hydrogen-bond donors (Lipinski definition) is 1. The quantitative estimate of drug-likeness (QED) is 0.648. The van der Waals surface area contributed by atoms with Gasteiger partial charge in [0.15, 0.2) is 18.1 Å². The Balaban J connectivity index is 1.95. The number of rotatable bonds is 9. The van der Waals surface area contributed by atoms with Crippen molar-refractivity contribution in [2.45, 2.75) is 20.8 Å². The lowest BCUT2D eigenvalue weighted by Crippen LogP contribution is -2.35. The summed E-state index contributed by atoms with van der Waals surface area (Å²) >= 11 is 0. The van der Waals surface area contributed by atoms with Gasteiger partial charge in [-0.05, 0) is 43.2 Å². The molecule has 8 heteroatoms. The first kappa shape index (κ1) is 22.0. The fourth-order valence-electron chi connectivity index (χ4n) is 2.42. The summed E-state index contributed by atoms with van der Waals surface area (Å²) in [5.41, 5.74) is 0.537. The Labute approximate surface area is 169 Å². The van der Waals surface area contributed by atoms with Crippen LogP contribution in [0, 0.1) is 5.92 Å². The van der Waals surface area contributed by atoms with Crippen LogP contribution < -0.4 is 14.8 Å². The fourth-order valence-corrected chi connectivity index (χ4v) is 2.42. The van der Waals surface area contributed by atoms with Gasteiger partial charge in [-0.3, -0.25) is 14.9 Å². The summed E-state index contributed by atoms with van der Waals surface area (Å²) in [6.45, 7) is 6.22. The summed E-state index contributed by atoms with van der Waals surface area (Å²) < 4.78 is 17.8. The molecule has 0 fully saturated rings. The third-order valence-electron chi connectivity index (χ3n) is 3.82. The van der Waals surface area contributed by atoms with Gasteiger partial charge < -0.3 is 18.8 Å². The average Bonchev–Trinajstić information content (AvgIpc) is 3.11. The fraction of sp³-hybridized carbons (Fsp3) is 0.381. The van der Waals surface area contributed by atoms with Crippen molar-refractivity contribution in [3.63, 3.8) is 0 Å². The second kappa shape index (κ2) is 10.3. The highest BCUT2D eigenvalue weighted by atomic mass is 16.5. The predicted molar refractivity (Wildman–Crippen MR) is 106 cm³/mol. The first-order valence-electron chi connectivity index (χ1n) is 9.34. The molecule has 0 spiro atoms. The van der Waals surface area contributed by atoms with Gasteiger partial charge in [0.05, 0.1) is 18.8 Å². The van der Waals surface area contributed by atoms with Gasteiger partial charge in [0.2, 0.25) is 0 Å². The van der Waals surface area contributed by atoms with Crippen molar-refractivity contribution in [2.24, 2.45) is 13.0 Å². The van der Waals surface area contributed by atoms with Crippen molar-refractivity contribution in [3.05, 3.63) is 47.8 Å². The molecule has 8 nitrogen and oxygen atoms in total. The molecule has 0 radical (unpaired) electrons.